The van der Waals surface area contributed by atoms with Crippen molar-refractivity contribution in [1.82, 2.24) is 9.55 Å². The molecule has 4 nitrogen and oxygen atoms in total. The average Bonchev–Trinajstić information content (AvgIpc) is 3.07. The molecule has 0 bridgehead atoms. The molecule has 0 saturated heterocycles. The number of carbonyl (C=O) groups is 1. The maximum atomic E-state index is 13.2. The van der Waals surface area contributed by atoms with E-state index in [1.807, 2.05) is 0 Å². The maximum absolute atomic E-state index is 13.2. The Hall–Kier alpha value is -1.89. The summed E-state index contributed by atoms with van der Waals surface area (Å²) in [5.74, 6) is 0.189. The van der Waals surface area contributed by atoms with Gasteiger partial charge in [-0.05, 0) is 55.5 Å². The summed E-state index contributed by atoms with van der Waals surface area (Å²) in [5.41, 5.74) is 1.75. The maximum Gasteiger partial charge on any atom is 0.263 e. The molecule has 0 unspecified atom stereocenters. The molecule has 4 rings (SSSR count). The molecular formula is C21H19ClN2O2S2. The third-order valence-electron chi connectivity index (χ3n) is 4.85. The fraction of sp³-hybridized carbons (Fsp3) is 0.286. The fourth-order valence-electron chi connectivity index (χ4n) is 3.47. The number of thiophene rings is 1. The Kier molecular flexibility index (Phi) is 5.71. The van der Waals surface area contributed by atoms with Crippen molar-refractivity contribution in [1.29, 1.82) is 0 Å². The van der Waals surface area contributed by atoms with Crippen LogP contribution in [0.1, 0.15) is 33.6 Å². The molecule has 0 amide bonds. The number of hydrogen-bond donors (Lipinski definition) is 0. The highest BCUT2D eigenvalue weighted by atomic mass is 35.5. The quantitative estimate of drug-likeness (QED) is 0.235. The van der Waals surface area contributed by atoms with Crippen LogP contribution in [0.4, 0.5) is 0 Å². The lowest BCUT2D eigenvalue weighted by molar-refractivity contribution is 0.102. The van der Waals surface area contributed by atoms with Crippen molar-refractivity contribution in [2.24, 2.45) is 0 Å². The Morgan fingerprint density at radius 3 is 2.79 bits per heavy atom. The highest BCUT2D eigenvalue weighted by Crippen LogP contribution is 2.34. The number of aryl methyl sites for hydroxylation is 2. The molecule has 1 aliphatic carbocycles. The van der Waals surface area contributed by atoms with Crippen molar-refractivity contribution >= 4 is 50.7 Å². The molecule has 0 N–H and O–H groups in total. The number of allylic oxidation sites excluding steroid dienone is 1. The number of thioether (sulfide) groups is 1. The molecule has 0 atom stereocenters. The standard InChI is InChI=1S/C21H19ClN2O2S2/c1-2-11-24-20(26)18-15-5-3-4-6-17(15)28-19(18)23-21(24)27-12-16(25)13-7-9-14(22)10-8-13/h2,7-10H,1,3-6,11-12H2. The van der Waals surface area contributed by atoms with Gasteiger partial charge in [0.2, 0.25) is 0 Å². The molecule has 2 heterocycles. The van der Waals surface area contributed by atoms with Crippen LogP contribution in [0.3, 0.4) is 0 Å². The zero-order valence-electron chi connectivity index (χ0n) is 15.2. The van der Waals surface area contributed by atoms with Gasteiger partial charge in [-0.3, -0.25) is 14.2 Å². The van der Waals surface area contributed by atoms with Gasteiger partial charge >= 0.3 is 0 Å². The second-order valence-electron chi connectivity index (χ2n) is 6.71. The van der Waals surface area contributed by atoms with Crippen LogP contribution < -0.4 is 5.56 Å². The van der Waals surface area contributed by atoms with Crippen LogP contribution in [0.15, 0.2) is 46.9 Å². The predicted molar refractivity (Wildman–Crippen MR) is 117 cm³/mol. The zero-order valence-corrected chi connectivity index (χ0v) is 17.6. The van der Waals surface area contributed by atoms with E-state index in [0.29, 0.717) is 22.3 Å². The zero-order chi connectivity index (χ0) is 19.7. The number of hydrogen-bond acceptors (Lipinski definition) is 5. The van der Waals surface area contributed by atoms with Crippen LogP contribution in [0.2, 0.25) is 5.02 Å². The van der Waals surface area contributed by atoms with E-state index in [1.54, 1.807) is 46.2 Å². The summed E-state index contributed by atoms with van der Waals surface area (Å²) in [7, 11) is 0. The first-order valence-electron chi connectivity index (χ1n) is 9.16. The van der Waals surface area contributed by atoms with Gasteiger partial charge in [0.1, 0.15) is 4.83 Å². The van der Waals surface area contributed by atoms with Gasteiger partial charge < -0.3 is 0 Å². The van der Waals surface area contributed by atoms with Gasteiger partial charge in [0.05, 0.1) is 11.1 Å². The molecule has 0 aliphatic heterocycles. The smallest absolute Gasteiger partial charge is 0.263 e. The monoisotopic (exact) mass is 430 g/mol. The minimum Gasteiger partial charge on any atom is -0.293 e. The van der Waals surface area contributed by atoms with E-state index in [9.17, 15) is 9.59 Å². The van der Waals surface area contributed by atoms with Crippen LogP contribution in [-0.2, 0) is 19.4 Å². The Morgan fingerprint density at radius 2 is 2.04 bits per heavy atom. The molecule has 7 heteroatoms. The van der Waals surface area contributed by atoms with Crippen LogP contribution in [-0.4, -0.2) is 21.1 Å². The number of rotatable bonds is 6. The van der Waals surface area contributed by atoms with E-state index in [0.717, 1.165) is 35.9 Å². The number of ketones is 1. The van der Waals surface area contributed by atoms with Gasteiger partial charge in [0.25, 0.3) is 5.56 Å². The Bertz CT molecular complexity index is 1120. The third kappa shape index (κ3) is 3.69. The number of aromatic nitrogens is 2. The van der Waals surface area contributed by atoms with Gasteiger partial charge in [-0.25, -0.2) is 4.98 Å². The molecular weight excluding hydrogens is 412 g/mol. The summed E-state index contributed by atoms with van der Waals surface area (Å²) >= 11 is 8.81. The van der Waals surface area contributed by atoms with Crippen molar-refractivity contribution in [2.45, 2.75) is 37.4 Å². The predicted octanol–water partition coefficient (Wildman–Crippen LogP) is 5.15. The highest BCUT2D eigenvalue weighted by molar-refractivity contribution is 7.99. The first kappa shape index (κ1) is 19.4. The minimum absolute atomic E-state index is 0.0216. The van der Waals surface area contributed by atoms with Gasteiger partial charge in [-0.15, -0.1) is 17.9 Å². The van der Waals surface area contributed by atoms with E-state index >= 15 is 0 Å². The first-order valence-corrected chi connectivity index (χ1v) is 11.3. The summed E-state index contributed by atoms with van der Waals surface area (Å²) in [5, 5.41) is 1.92. The Morgan fingerprint density at radius 1 is 1.29 bits per heavy atom. The number of halogens is 1. The SMILES string of the molecule is C=CCn1c(SCC(=O)c2ccc(Cl)cc2)nc2sc3c(c2c1=O)CCCC3. The molecule has 0 radical (unpaired) electrons. The van der Waals surface area contributed by atoms with Crippen molar-refractivity contribution < 1.29 is 4.79 Å². The summed E-state index contributed by atoms with van der Waals surface area (Å²) in [6, 6.07) is 6.83. The summed E-state index contributed by atoms with van der Waals surface area (Å²) in [4.78, 5) is 32.5. The van der Waals surface area contributed by atoms with Crippen LogP contribution in [0.25, 0.3) is 10.2 Å². The third-order valence-corrected chi connectivity index (χ3v) is 7.26. The van der Waals surface area contributed by atoms with E-state index in [4.69, 9.17) is 16.6 Å². The van der Waals surface area contributed by atoms with E-state index < -0.39 is 0 Å². The Labute approximate surface area is 176 Å². The number of Topliss-reactive ketones (excluding diaryl/α,β-unsaturated/α-hetero) is 1. The molecule has 1 aliphatic rings. The van der Waals surface area contributed by atoms with Gasteiger partial charge in [0, 0.05) is 22.0 Å². The van der Waals surface area contributed by atoms with Crippen LogP contribution in [0.5, 0.6) is 0 Å². The van der Waals surface area contributed by atoms with Crippen molar-refractivity contribution in [2.75, 3.05) is 5.75 Å². The lowest BCUT2D eigenvalue weighted by Crippen LogP contribution is -2.23. The molecule has 0 fully saturated rings. The molecule has 28 heavy (non-hydrogen) atoms. The van der Waals surface area contributed by atoms with Gasteiger partial charge in [0.15, 0.2) is 10.9 Å². The van der Waals surface area contributed by atoms with E-state index in [2.05, 4.69) is 6.58 Å². The molecule has 0 saturated carbocycles. The molecule has 3 aromatic rings. The molecule has 0 spiro atoms. The average molecular weight is 431 g/mol. The van der Waals surface area contributed by atoms with Crippen molar-refractivity contribution in [3.05, 3.63) is 68.3 Å². The molecule has 144 valence electrons. The summed E-state index contributed by atoms with van der Waals surface area (Å²) < 4.78 is 1.64. The second kappa shape index (κ2) is 8.23. The lowest BCUT2D eigenvalue weighted by atomic mass is 9.97. The van der Waals surface area contributed by atoms with Gasteiger partial charge in [-0.2, -0.15) is 0 Å². The van der Waals surface area contributed by atoms with E-state index in [-0.39, 0.29) is 17.1 Å². The molecule has 1 aromatic carbocycles. The first-order chi connectivity index (χ1) is 13.6. The summed E-state index contributed by atoms with van der Waals surface area (Å²) in [6.07, 6.45) is 5.94. The van der Waals surface area contributed by atoms with Crippen LogP contribution >= 0.6 is 34.7 Å². The second-order valence-corrected chi connectivity index (χ2v) is 9.17. The number of carbonyl (C=O) groups excluding carboxylic acids is 1. The van der Waals surface area contributed by atoms with E-state index in [1.165, 1.54) is 22.2 Å². The Balaban J connectivity index is 1.68. The number of benzene rings is 1. The van der Waals surface area contributed by atoms with Crippen molar-refractivity contribution in [3.8, 4) is 0 Å². The van der Waals surface area contributed by atoms with Crippen molar-refractivity contribution in [3.63, 3.8) is 0 Å². The minimum atomic E-state index is -0.0225. The normalized spacial score (nSPS) is 13.5. The largest absolute Gasteiger partial charge is 0.293 e. The number of fused-ring (bicyclic) bond motifs is 3. The number of nitrogens with zero attached hydrogens (tertiary/aromatic N) is 2. The highest BCUT2D eigenvalue weighted by Gasteiger charge is 2.22. The molecule has 2 aromatic heterocycles. The van der Waals surface area contributed by atoms with Gasteiger partial charge in [-0.1, -0.05) is 29.4 Å². The summed E-state index contributed by atoms with van der Waals surface area (Å²) in [6.45, 7) is 4.15. The lowest BCUT2D eigenvalue weighted by Gasteiger charge is -2.12. The van der Waals surface area contributed by atoms with Crippen LogP contribution in [0, 0.1) is 0 Å². The fourth-order valence-corrected chi connectivity index (χ4v) is 5.80. The topological polar surface area (TPSA) is 52.0 Å².